The Morgan fingerprint density at radius 1 is 1.15 bits per heavy atom. The van der Waals surface area contributed by atoms with Gasteiger partial charge in [0.2, 0.25) is 6.41 Å². The van der Waals surface area contributed by atoms with Crippen LogP contribution in [0.2, 0.25) is 0 Å². The second-order valence-corrected chi connectivity index (χ2v) is 9.99. The van der Waals surface area contributed by atoms with Gasteiger partial charge in [0.1, 0.15) is 5.70 Å². The molecule has 1 aromatic carbocycles. The Balaban J connectivity index is 0.000000912. The number of hydrogen-bond donors (Lipinski definition) is 3. The number of nitrogens with one attached hydrogen (secondary N) is 2. The van der Waals surface area contributed by atoms with Gasteiger partial charge in [-0.2, -0.15) is 0 Å². The van der Waals surface area contributed by atoms with Crippen LogP contribution in [0.5, 0.6) is 0 Å². The standard InChI is InChI=1S/C25H32N4O4.C5H6S.C2H6/c1-4-29(18-31)14-13-28(3)25(33)21(17-30)12-8-9-19(2)27-24-22(15-23(24)32)26-16-20-10-6-5-7-11-20;1-5-3-2-4-6-5;1-2/h5-12,18,26-27,30H,2,4,13-17H2,1,3H3;2-4H,1H3;1-2H3/b9-8-,21-12+;;. The number of hydrogen-bond acceptors (Lipinski definition) is 7. The number of carbonyl (C=O) groups excluding carboxylic acids is 3. The van der Waals surface area contributed by atoms with Crippen LogP contribution in [-0.4, -0.2) is 66.3 Å². The van der Waals surface area contributed by atoms with E-state index < -0.39 is 6.61 Å². The number of aliphatic hydroxyl groups excluding tert-OH is 1. The molecule has 0 fully saturated rings. The molecule has 3 rings (SSSR count). The van der Waals surface area contributed by atoms with Crippen molar-refractivity contribution >= 4 is 29.4 Å². The SMILES string of the molecule is C=C(/C=C\C=C(/CO)C(=O)N(C)CCN(C=O)CC)NC1=C(NCc2ccccc2)CC1=O.CC.Cc1cccs1. The number of benzene rings is 1. The van der Waals surface area contributed by atoms with Gasteiger partial charge < -0.3 is 25.5 Å². The van der Waals surface area contributed by atoms with E-state index in [2.05, 4.69) is 41.6 Å². The molecule has 222 valence electrons. The molecule has 1 aliphatic rings. The molecular weight excluding hydrogens is 536 g/mol. The van der Waals surface area contributed by atoms with Crippen molar-refractivity contribution in [2.45, 2.75) is 40.7 Å². The van der Waals surface area contributed by atoms with E-state index in [4.69, 9.17) is 0 Å². The summed E-state index contributed by atoms with van der Waals surface area (Å²) in [5.41, 5.74) is 3.12. The quantitative estimate of drug-likeness (QED) is 0.172. The number of rotatable bonds is 14. The molecule has 2 aromatic rings. The molecule has 9 heteroatoms. The average Bonchev–Trinajstić information content (AvgIpc) is 3.49. The maximum absolute atomic E-state index is 12.5. The Morgan fingerprint density at radius 3 is 2.37 bits per heavy atom. The zero-order valence-electron chi connectivity index (χ0n) is 24.9. The Bertz CT molecular complexity index is 1190. The number of allylic oxidation sites excluding steroid dienone is 5. The fraction of sp³-hybridized carbons (Fsp3) is 0.344. The van der Waals surface area contributed by atoms with E-state index in [0.717, 1.165) is 17.7 Å². The number of nitrogens with zero attached hydrogens (tertiary/aromatic N) is 2. The summed E-state index contributed by atoms with van der Waals surface area (Å²) in [4.78, 5) is 39.8. The van der Waals surface area contributed by atoms with Gasteiger partial charge in [0.15, 0.2) is 5.78 Å². The lowest BCUT2D eigenvalue weighted by Crippen LogP contribution is -2.37. The minimum absolute atomic E-state index is 0.0000455. The summed E-state index contributed by atoms with van der Waals surface area (Å²) in [6.45, 7) is 13.4. The third kappa shape index (κ3) is 12.8. The molecule has 0 saturated heterocycles. The van der Waals surface area contributed by atoms with Crippen LogP contribution in [0.1, 0.15) is 37.6 Å². The van der Waals surface area contributed by atoms with Crippen molar-refractivity contribution < 1.29 is 19.5 Å². The fourth-order valence-electron chi connectivity index (χ4n) is 3.45. The maximum atomic E-state index is 12.5. The monoisotopic (exact) mass is 580 g/mol. The summed E-state index contributed by atoms with van der Waals surface area (Å²) in [6.07, 6.45) is 5.82. The number of Topliss-reactive ketones (excluding diaryl/α,β-unsaturated/α-hetero) is 1. The summed E-state index contributed by atoms with van der Waals surface area (Å²) in [7, 11) is 1.62. The number of ketones is 1. The molecule has 41 heavy (non-hydrogen) atoms. The second-order valence-electron chi connectivity index (χ2n) is 8.84. The normalized spacial score (nSPS) is 12.3. The Kier molecular flexibility index (Phi) is 17.1. The van der Waals surface area contributed by atoms with Gasteiger partial charge >= 0.3 is 0 Å². The lowest BCUT2D eigenvalue weighted by molar-refractivity contribution is -0.127. The average molecular weight is 581 g/mol. The molecule has 1 aliphatic carbocycles. The van der Waals surface area contributed by atoms with Crippen molar-refractivity contribution in [2.24, 2.45) is 0 Å². The van der Waals surface area contributed by atoms with Crippen molar-refractivity contribution in [3.63, 3.8) is 0 Å². The van der Waals surface area contributed by atoms with Gasteiger partial charge in [-0.25, -0.2) is 0 Å². The number of aryl methyl sites for hydroxylation is 1. The van der Waals surface area contributed by atoms with E-state index in [1.165, 1.54) is 15.9 Å². The first-order chi connectivity index (χ1) is 19.8. The smallest absolute Gasteiger partial charge is 0.251 e. The van der Waals surface area contributed by atoms with Crippen molar-refractivity contribution in [1.82, 2.24) is 20.4 Å². The van der Waals surface area contributed by atoms with Crippen LogP contribution in [0.25, 0.3) is 0 Å². The second kappa shape index (κ2) is 20.0. The molecule has 3 N–H and O–H groups in total. The predicted octanol–water partition coefficient (Wildman–Crippen LogP) is 4.56. The summed E-state index contributed by atoms with van der Waals surface area (Å²) < 4.78 is 0. The molecular formula is C32H44N4O4S. The molecule has 0 bridgehead atoms. The number of likely N-dealkylation sites (N-methyl/N-ethyl adjacent to an activating group) is 2. The van der Waals surface area contributed by atoms with Gasteiger partial charge in [0, 0.05) is 55.1 Å². The largest absolute Gasteiger partial charge is 0.391 e. The van der Waals surface area contributed by atoms with Gasteiger partial charge in [0.25, 0.3) is 5.91 Å². The van der Waals surface area contributed by atoms with E-state index in [1.807, 2.05) is 51.1 Å². The molecule has 0 saturated carbocycles. The van der Waals surface area contributed by atoms with Crippen LogP contribution in [0.4, 0.5) is 0 Å². The third-order valence-electron chi connectivity index (χ3n) is 5.88. The van der Waals surface area contributed by atoms with Crippen molar-refractivity contribution in [2.75, 3.05) is 33.3 Å². The molecule has 0 atom stereocenters. The highest BCUT2D eigenvalue weighted by Crippen LogP contribution is 2.21. The topological polar surface area (TPSA) is 102 Å². The van der Waals surface area contributed by atoms with E-state index in [9.17, 15) is 19.5 Å². The minimum Gasteiger partial charge on any atom is -0.391 e. The molecule has 1 heterocycles. The number of carbonyl (C=O) groups is 3. The van der Waals surface area contributed by atoms with Crippen LogP contribution in [-0.2, 0) is 20.9 Å². The molecule has 0 unspecified atom stereocenters. The third-order valence-corrected chi connectivity index (χ3v) is 6.68. The van der Waals surface area contributed by atoms with Crippen LogP contribution in [0.15, 0.2) is 95.3 Å². The van der Waals surface area contributed by atoms with E-state index in [0.29, 0.717) is 44.0 Å². The van der Waals surface area contributed by atoms with Crippen LogP contribution in [0, 0.1) is 6.92 Å². The van der Waals surface area contributed by atoms with Crippen LogP contribution >= 0.6 is 11.3 Å². The first kappa shape index (κ1) is 35.1. The summed E-state index contributed by atoms with van der Waals surface area (Å²) in [5, 5.41) is 17.9. The van der Waals surface area contributed by atoms with Gasteiger partial charge in [-0.1, -0.05) is 69.0 Å². The molecule has 0 radical (unpaired) electrons. The maximum Gasteiger partial charge on any atom is 0.251 e. The lowest BCUT2D eigenvalue weighted by Gasteiger charge is -2.25. The number of aliphatic hydroxyl groups is 1. The van der Waals surface area contributed by atoms with Crippen LogP contribution in [0.3, 0.4) is 0 Å². The first-order valence-electron chi connectivity index (χ1n) is 13.7. The van der Waals surface area contributed by atoms with Gasteiger partial charge in [-0.3, -0.25) is 14.4 Å². The van der Waals surface area contributed by atoms with Gasteiger partial charge in [-0.05, 0) is 36.9 Å². The highest BCUT2D eigenvalue weighted by Gasteiger charge is 2.27. The Labute approximate surface area is 248 Å². The fourth-order valence-corrected chi connectivity index (χ4v) is 3.97. The first-order valence-corrected chi connectivity index (χ1v) is 14.6. The predicted molar refractivity (Wildman–Crippen MR) is 168 cm³/mol. The van der Waals surface area contributed by atoms with Crippen LogP contribution < -0.4 is 10.6 Å². The van der Waals surface area contributed by atoms with Gasteiger partial charge in [-0.15, -0.1) is 11.3 Å². The molecule has 8 nitrogen and oxygen atoms in total. The van der Waals surface area contributed by atoms with Gasteiger partial charge in [0.05, 0.1) is 13.0 Å². The molecule has 2 amide bonds. The Morgan fingerprint density at radius 2 is 1.85 bits per heavy atom. The Hall–Kier alpha value is -3.95. The van der Waals surface area contributed by atoms with E-state index >= 15 is 0 Å². The zero-order valence-corrected chi connectivity index (χ0v) is 25.7. The number of amides is 2. The van der Waals surface area contributed by atoms with Crippen molar-refractivity contribution in [1.29, 1.82) is 0 Å². The molecule has 0 spiro atoms. The zero-order chi connectivity index (χ0) is 30.6. The highest BCUT2D eigenvalue weighted by atomic mass is 32.1. The van der Waals surface area contributed by atoms with Crippen molar-refractivity contribution in [3.8, 4) is 0 Å². The highest BCUT2D eigenvalue weighted by molar-refractivity contribution is 7.09. The van der Waals surface area contributed by atoms with E-state index in [1.54, 1.807) is 35.4 Å². The number of thiophene rings is 1. The van der Waals surface area contributed by atoms with E-state index in [-0.39, 0.29) is 17.3 Å². The summed E-state index contributed by atoms with van der Waals surface area (Å²) in [5.74, 6) is -0.327. The summed E-state index contributed by atoms with van der Waals surface area (Å²) in [6, 6.07) is 14.1. The minimum atomic E-state index is -0.421. The molecule has 1 aromatic heterocycles. The lowest BCUT2D eigenvalue weighted by atomic mass is 9.98. The van der Waals surface area contributed by atoms with Crippen molar-refractivity contribution in [3.05, 3.63) is 106 Å². The summed E-state index contributed by atoms with van der Waals surface area (Å²) >= 11 is 1.78. The molecule has 0 aliphatic heterocycles.